The summed E-state index contributed by atoms with van der Waals surface area (Å²) in [7, 11) is 0. The lowest BCUT2D eigenvalue weighted by atomic mass is 10.1. The Hall–Kier alpha value is -1.60. The molecule has 6 nitrogen and oxygen atoms in total. The fourth-order valence-electron chi connectivity index (χ4n) is 1.99. The molecule has 114 valence electrons. The van der Waals surface area contributed by atoms with Gasteiger partial charge in [-0.3, -0.25) is 10.1 Å². The lowest BCUT2D eigenvalue weighted by molar-refractivity contribution is -0.121. The predicted octanol–water partition coefficient (Wildman–Crippen LogP) is 1.58. The van der Waals surface area contributed by atoms with E-state index in [2.05, 4.69) is 21.2 Å². The number of hydrogen-bond acceptors (Lipinski definition) is 4. The van der Waals surface area contributed by atoms with Gasteiger partial charge in [0.1, 0.15) is 5.75 Å². The van der Waals surface area contributed by atoms with Gasteiger partial charge in [0.25, 0.3) is 5.91 Å². The second kappa shape index (κ2) is 6.91. The van der Waals surface area contributed by atoms with E-state index in [1.165, 1.54) is 12.8 Å². The highest BCUT2D eigenvalue weighted by molar-refractivity contribution is 9.10. The van der Waals surface area contributed by atoms with Gasteiger partial charge in [0.05, 0.1) is 0 Å². The fourth-order valence-corrected chi connectivity index (χ4v) is 2.61. The third kappa shape index (κ3) is 5.02. The van der Waals surface area contributed by atoms with Crippen molar-refractivity contribution < 1.29 is 14.3 Å². The Labute approximate surface area is 131 Å². The van der Waals surface area contributed by atoms with E-state index in [1.807, 2.05) is 24.4 Å². The average Bonchev–Trinajstić information content (AvgIpc) is 3.17. The number of carbonyl (C=O) groups is 2. The van der Waals surface area contributed by atoms with E-state index < -0.39 is 11.9 Å². The molecule has 1 aliphatic carbocycles. The van der Waals surface area contributed by atoms with Gasteiger partial charge in [0.15, 0.2) is 6.61 Å². The first-order valence-electron chi connectivity index (χ1n) is 6.70. The number of amides is 3. The number of hydrogen-bond donors (Lipinski definition) is 3. The molecule has 1 saturated carbocycles. The molecule has 1 aromatic rings. The minimum Gasteiger partial charge on any atom is -0.483 e. The number of primary amides is 1. The molecule has 0 saturated heterocycles. The Bertz CT molecular complexity index is 559. The standard InChI is InChI=1S/C14H18BrN3O3/c1-8-4-10(15)5-9(6-17-11-2-3-11)13(8)21-7-12(19)18-14(16)20/h4-5,11,17H,2-3,6-7H2,1H3,(H3,16,18,19,20). The molecule has 0 spiro atoms. The Kier molecular flexibility index (Phi) is 5.19. The van der Waals surface area contributed by atoms with Crippen molar-refractivity contribution in [1.82, 2.24) is 10.6 Å². The topological polar surface area (TPSA) is 93.4 Å². The van der Waals surface area contributed by atoms with E-state index in [0.717, 1.165) is 15.6 Å². The highest BCUT2D eigenvalue weighted by atomic mass is 79.9. The number of aryl methyl sites for hydroxylation is 1. The fraction of sp³-hybridized carbons (Fsp3) is 0.429. The van der Waals surface area contributed by atoms with Gasteiger partial charge in [-0.1, -0.05) is 15.9 Å². The number of benzene rings is 1. The van der Waals surface area contributed by atoms with Gasteiger partial charge < -0.3 is 15.8 Å². The van der Waals surface area contributed by atoms with E-state index in [4.69, 9.17) is 10.5 Å². The van der Waals surface area contributed by atoms with Gasteiger partial charge in [-0.2, -0.15) is 0 Å². The number of nitrogens with one attached hydrogen (secondary N) is 2. The van der Waals surface area contributed by atoms with Crippen LogP contribution in [0.2, 0.25) is 0 Å². The second-order valence-corrected chi connectivity index (χ2v) is 5.98. The quantitative estimate of drug-likeness (QED) is 0.722. The molecular weight excluding hydrogens is 338 g/mol. The summed E-state index contributed by atoms with van der Waals surface area (Å²) in [6.07, 6.45) is 2.40. The summed E-state index contributed by atoms with van der Waals surface area (Å²) < 4.78 is 6.52. The van der Waals surface area contributed by atoms with Gasteiger partial charge in [0.2, 0.25) is 0 Å². The van der Waals surface area contributed by atoms with E-state index >= 15 is 0 Å². The molecule has 4 N–H and O–H groups in total. The third-order valence-electron chi connectivity index (χ3n) is 3.09. The molecule has 2 rings (SSSR count). The van der Waals surface area contributed by atoms with Crippen molar-refractivity contribution >= 4 is 27.9 Å². The number of rotatable bonds is 6. The minimum absolute atomic E-state index is 0.248. The first-order chi connectivity index (χ1) is 9.95. The largest absolute Gasteiger partial charge is 0.483 e. The molecule has 0 aliphatic heterocycles. The zero-order valence-corrected chi connectivity index (χ0v) is 13.3. The van der Waals surface area contributed by atoms with Crippen LogP contribution in [0.4, 0.5) is 4.79 Å². The van der Waals surface area contributed by atoms with Gasteiger partial charge >= 0.3 is 6.03 Å². The smallest absolute Gasteiger partial charge is 0.318 e. The SMILES string of the molecule is Cc1cc(Br)cc(CNC2CC2)c1OCC(=O)NC(N)=O. The lowest BCUT2D eigenvalue weighted by Gasteiger charge is -2.15. The number of halogens is 1. The summed E-state index contributed by atoms with van der Waals surface area (Å²) in [5.41, 5.74) is 6.78. The summed E-state index contributed by atoms with van der Waals surface area (Å²) in [6, 6.07) is 3.58. The van der Waals surface area contributed by atoms with Crippen LogP contribution in [-0.2, 0) is 11.3 Å². The molecule has 1 fully saturated rings. The predicted molar refractivity (Wildman–Crippen MR) is 82.0 cm³/mol. The monoisotopic (exact) mass is 355 g/mol. The van der Waals surface area contributed by atoms with Crippen molar-refractivity contribution in [2.24, 2.45) is 5.73 Å². The van der Waals surface area contributed by atoms with Crippen LogP contribution in [0.1, 0.15) is 24.0 Å². The number of carbonyl (C=O) groups excluding carboxylic acids is 2. The molecule has 0 atom stereocenters. The van der Waals surface area contributed by atoms with Crippen molar-refractivity contribution in [3.05, 3.63) is 27.7 Å². The van der Waals surface area contributed by atoms with Crippen LogP contribution in [0.3, 0.4) is 0 Å². The van der Waals surface area contributed by atoms with Gasteiger partial charge in [0, 0.05) is 22.6 Å². The Morgan fingerprint density at radius 2 is 2.14 bits per heavy atom. The molecule has 0 aromatic heterocycles. The third-order valence-corrected chi connectivity index (χ3v) is 3.54. The Balaban J connectivity index is 2.04. The van der Waals surface area contributed by atoms with Crippen LogP contribution in [0.5, 0.6) is 5.75 Å². The van der Waals surface area contributed by atoms with Gasteiger partial charge in [-0.05, 0) is 37.5 Å². The van der Waals surface area contributed by atoms with Gasteiger partial charge in [-0.15, -0.1) is 0 Å². The van der Waals surface area contributed by atoms with Crippen LogP contribution in [0.15, 0.2) is 16.6 Å². The lowest BCUT2D eigenvalue weighted by Crippen LogP contribution is -2.38. The Morgan fingerprint density at radius 1 is 1.43 bits per heavy atom. The first-order valence-corrected chi connectivity index (χ1v) is 7.49. The number of ether oxygens (including phenoxy) is 1. The molecule has 0 bridgehead atoms. The van der Waals surface area contributed by atoms with Crippen molar-refractivity contribution in [3.63, 3.8) is 0 Å². The van der Waals surface area contributed by atoms with Crippen LogP contribution >= 0.6 is 15.9 Å². The summed E-state index contributed by atoms with van der Waals surface area (Å²) in [6.45, 7) is 2.34. The highest BCUT2D eigenvalue weighted by Gasteiger charge is 2.21. The average molecular weight is 356 g/mol. The summed E-state index contributed by atoms with van der Waals surface area (Å²) in [5.74, 6) is 0.0943. The van der Waals surface area contributed by atoms with Crippen molar-refractivity contribution in [1.29, 1.82) is 0 Å². The molecule has 0 unspecified atom stereocenters. The second-order valence-electron chi connectivity index (χ2n) is 5.07. The summed E-state index contributed by atoms with van der Waals surface area (Å²) >= 11 is 3.46. The number of nitrogens with two attached hydrogens (primary N) is 1. The van der Waals surface area contributed by atoms with Crippen molar-refractivity contribution in [2.45, 2.75) is 32.4 Å². The van der Waals surface area contributed by atoms with Crippen molar-refractivity contribution in [2.75, 3.05) is 6.61 Å². The molecule has 0 heterocycles. The molecular formula is C14H18BrN3O3. The van der Waals surface area contributed by atoms with E-state index in [0.29, 0.717) is 18.3 Å². The maximum Gasteiger partial charge on any atom is 0.318 e. The maximum atomic E-state index is 11.4. The Morgan fingerprint density at radius 3 is 2.76 bits per heavy atom. The molecule has 0 radical (unpaired) electrons. The minimum atomic E-state index is -0.883. The van der Waals surface area contributed by atoms with E-state index in [-0.39, 0.29) is 6.61 Å². The molecule has 7 heteroatoms. The van der Waals surface area contributed by atoms with E-state index in [1.54, 1.807) is 0 Å². The molecule has 1 aliphatic rings. The van der Waals surface area contributed by atoms with Crippen LogP contribution in [-0.4, -0.2) is 24.6 Å². The van der Waals surface area contributed by atoms with E-state index in [9.17, 15) is 9.59 Å². The van der Waals surface area contributed by atoms with Crippen LogP contribution < -0.4 is 21.1 Å². The highest BCUT2D eigenvalue weighted by Crippen LogP contribution is 2.29. The zero-order chi connectivity index (χ0) is 15.4. The van der Waals surface area contributed by atoms with Crippen LogP contribution in [0.25, 0.3) is 0 Å². The summed E-state index contributed by atoms with van der Waals surface area (Å²) in [4.78, 5) is 22.0. The zero-order valence-electron chi connectivity index (χ0n) is 11.7. The molecule has 3 amide bonds. The molecule has 1 aromatic carbocycles. The number of urea groups is 1. The van der Waals surface area contributed by atoms with Crippen LogP contribution in [0, 0.1) is 6.92 Å². The number of imide groups is 1. The van der Waals surface area contributed by atoms with Gasteiger partial charge in [-0.25, -0.2) is 4.79 Å². The first kappa shape index (κ1) is 15.8. The summed E-state index contributed by atoms with van der Waals surface area (Å²) in [5, 5.41) is 5.39. The normalized spacial score (nSPS) is 13.8. The maximum absolute atomic E-state index is 11.4. The molecule has 21 heavy (non-hydrogen) atoms. The van der Waals surface area contributed by atoms with Crippen molar-refractivity contribution in [3.8, 4) is 5.75 Å².